The van der Waals surface area contributed by atoms with Gasteiger partial charge in [0, 0.05) is 5.39 Å². The predicted molar refractivity (Wildman–Crippen MR) is 123 cm³/mol. The lowest BCUT2D eigenvalue weighted by molar-refractivity contribution is -0.117. The molecule has 0 aliphatic carbocycles. The number of rotatable bonds is 4. The second-order valence-corrected chi connectivity index (χ2v) is 8.88. The average Bonchev–Trinajstić information content (AvgIpc) is 3.58. The van der Waals surface area contributed by atoms with Crippen LogP contribution < -0.4 is 4.90 Å². The molecule has 1 amide bonds. The number of ketones is 1. The summed E-state index contributed by atoms with van der Waals surface area (Å²) >= 11 is 1.07. The Labute approximate surface area is 195 Å². The molecule has 168 valence electrons. The summed E-state index contributed by atoms with van der Waals surface area (Å²) in [4.78, 5) is 32.5. The fraction of sp³-hybridized carbons (Fsp3) is 0.0800. The van der Waals surface area contributed by atoms with E-state index in [1.54, 1.807) is 43.3 Å². The first kappa shape index (κ1) is 20.4. The van der Waals surface area contributed by atoms with E-state index in [4.69, 9.17) is 8.83 Å². The molecule has 3 aromatic heterocycles. The number of Topliss-reactive ketones (excluding diaryl/α,β-unsaturated/α-hetero) is 1. The summed E-state index contributed by atoms with van der Waals surface area (Å²) in [6.07, 6.45) is 0. The Balaban J connectivity index is 1.51. The van der Waals surface area contributed by atoms with Crippen molar-refractivity contribution in [2.45, 2.75) is 13.0 Å². The Kier molecular flexibility index (Phi) is 4.43. The SMILES string of the molecule is Cc1ccc(C2C(C(=O)c3cc4ccccc4o3)=C(O)C(=O)N2c2nc3ccc(F)cc3s2)o1. The third-order valence-electron chi connectivity index (χ3n) is 5.68. The number of hydrogen-bond acceptors (Lipinski definition) is 7. The molecule has 1 unspecified atom stereocenters. The number of amides is 1. The highest BCUT2D eigenvalue weighted by atomic mass is 32.1. The molecule has 0 saturated heterocycles. The highest BCUT2D eigenvalue weighted by Gasteiger charge is 2.48. The van der Waals surface area contributed by atoms with Gasteiger partial charge in [0.2, 0.25) is 5.78 Å². The summed E-state index contributed by atoms with van der Waals surface area (Å²) in [6, 6.07) is 15.0. The number of carbonyl (C=O) groups is 2. The Bertz CT molecular complexity index is 1630. The molecule has 1 aliphatic heterocycles. The first-order valence-electron chi connectivity index (χ1n) is 10.3. The number of thiazole rings is 1. The highest BCUT2D eigenvalue weighted by molar-refractivity contribution is 7.22. The monoisotopic (exact) mass is 474 g/mol. The molecule has 34 heavy (non-hydrogen) atoms. The van der Waals surface area contributed by atoms with Crippen molar-refractivity contribution in [3.05, 3.63) is 95.1 Å². The molecular formula is C25H15FN2O5S. The van der Waals surface area contributed by atoms with Crippen LogP contribution in [0, 0.1) is 12.7 Å². The third-order valence-corrected chi connectivity index (χ3v) is 6.70. The molecule has 1 N–H and O–H groups in total. The Morgan fingerprint density at radius 2 is 1.94 bits per heavy atom. The van der Waals surface area contributed by atoms with Gasteiger partial charge in [0.05, 0.1) is 15.8 Å². The number of furan rings is 2. The number of halogens is 1. The van der Waals surface area contributed by atoms with Crippen LogP contribution in [0.3, 0.4) is 0 Å². The maximum absolute atomic E-state index is 13.7. The summed E-state index contributed by atoms with van der Waals surface area (Å²) in [5.41, 5.74) is 0.815. The van der Waals surface area contributed by atoms with Crippen molar-refractivity contribution in [2.75, 3.05) is 4.90 Å². The smallest absolute Gasteiger partial charge is 0.296 e. The summed E-state index contributed by atoms with van der Waals surface area (Å²) < 4.78 is 25.7. The number of hydrogen-bond donors (Lipinski definition) is 1. The standard InChI is InChI=1S/C25H15FN2O5S/c1-12-6-9-17(32-12)21-20(22(29)18-10-13-4-2-3-5-16(13)33-18)23(30)24(31)28(21)25-27-15-8-7-14(26)11-19(15)34-25/h2-11,21,30H,1H3. The van der Waals surface area contributed by atoms with Gasteiger partial charge in [-0.1, -0.05) is 29.5 Å². The molecule has 0 spiro atoms. The average molecular weight is 474 g/mol. The number of benzene rings is 2. The van der Waals surface area contributed by atoms with Gasteiger partial charge < -0.3 is 13.9 Å². The normalized spacial score (nSPS) is 16.4. The molecule has 2 aromatic carbocycles. The minimum atomic E-state index is -1.08. The Morgan fingerprint density at radius 3 is 2.71 bits per heavy atom. The van der Waals surface area contributed by atoms with Crippen LogP contribution in [0.1, 0.15) is 28.1 Å². The topological polar surface area (TPSA) is 96.8 Å². The first-order chi connectivity index (χ1) is 16.4. The second kappa shape index (κ2) is 7.39. The summed E-state index contributed by atoms with van der Waals surface area (Å²) in [7, 11) is 0. The lowest BCUT2D eigenvalue weighted by Crippen LogP contribution is -2.30. The Hall–Kier alpha value is -4.24. The van der Waals surface area contributed by atoms with E-state index in [9.17, 15) is 19.1 Å². The van der Waals surface area contributed by atoms with Crippen molar-refractivity contribution in [2.24, 2.45) is 0 Å². The van der Waals surface area contributed by atoms with Gasteiger partial charge in [0.1, 0.15) is 29.0 Å². The van der Waals surface area contributed by atoms with E-state index in [0.29, 0.717) is 26.9 Å². The minimum absolute atomic E-state index is 0.0166. The largest absolute Gasteiger partial charge is 0.503 e. The van der Waals surface area contributed by atoms with Crippen LogP contribution in [-0.4, -0.2) is 21.8 Å². The molecule has 0 radical (unpaired) electrons. The van der Waals surface area contributed by atoms with Gasteiger partial charge in [0.25, 0.3) is 5.91 Å². The van der Waals surface area contributed by atoms with Crippen LogP contribution in [0.25, 0.3) is 21.2 Å². The van der Waals surface area contributed by atoms with Gasteiger partial charge in [-0.25, -0.2) is 9.37 Å². The highest BCUT2D eigenvalue weighted by Crippen LogP contribution is 2.44. The van der Waals surface area contributed by atoms with Gasteiger partial charge >= 0.3 is 0 Å². The van der Waals surface area contributed by atoms with Gasteiger partial charge in [-0.05, 0) is 49.4 Å². The van der Waals surface area contributed by atoms with E-state index < -0.39 is 29.3 Å². The molecule has 0 saturated carbocycles. The van der Waals surface area contributed by atoms with E-state index in [1.165, 1.54) is 23.1 Å². The number of aliphatic hydroxyl groups is 1. The van der Waals surface area contributed by atoms with Crippen molar-refractivity contribution >= 4 is 49.3 Å². The number of carbonyl (C=O) groups excluding carboxylic acids is 2. The van der Waals surface area contributed by atoms with Crippen LogP contribution >= 0.6 is 11.3 Å². The van der Waals surface area contributed by atoms with Crippen molar-refractivity contribution in [3.63, 3.8) is 0 Å². The number of aryl methyl sites for hydroxylation is 1. The quantitative estimate of drug-likeness (QED) is 0.328. The van der Waals surface area contributed by atoms with Crippen LogP contribution in [0.2, 0.25) is 0 Å². The molecule has 6 rings (SSSR count). The molecule has 4 heterocycles. The minimum Gasteiger partial charge on any atom is -0.503 e. The zero-order valence-electron chi connectivity index (χ0n) is 17.6. The number of aliphatic hydroxyl groups excluding tert-OH is 1. The number of fused-ring (bicyclic) bond motifs is 2. The fourth-order valence-electron chi connectivity index (χ4n) is 4.12. The summed E-state index contributed by atoms with van der Waals surface area (Å²) in [5.74, 6) is -1.77. The molecule has 0 bridgehead atoms. The van der Waals surface area contributed by atoms with E-state index in [-0.39, 0.29) is 22.2 Å². The number of aromatic nitrogens is 1. The number of nitrogens with zero attached hydrogens (tertiary/aromatic N) is 2. The molecule has 7 nitrogen and oxygen atoms in total. The van der Waals surface area contributed by atoms with Crippen LogP contribution in [0.5, 0.6) is 0 Å². The zero-order chi connectivity index (χ0) is 23.6. The van der Waals surface area contributed by atoms with Crippen LogP contribution in [0.4, 0.5) is 9.52 Å². The first-order valence-corrected chi connectivity index (χ1v) is 11.1. The molecule has 5 aromatic rings. The summed E-state index contributed by atoms with van der Waals surface area (Å²) in [5, 5.41) is 11.8. The van der Waals surface area contributed by atoms with Gasteiger partial charge in [-0.2, -0.15) is 0 Å². The summed E-state index contributed by atoms with van der Waals surface area (Å²) in [6.45, 7) is 1.73. The van der Waals surface area contributed by atoms with Gasteiger partial charge in [-0.3, -0.25) is 14.5 Å². The van der Waals surface area contributed by atoms with Gasteiger partial charge in [0.15, 0.2) is 16.7 Å². The molecule has 0 fully saturated rings. The van der Waals surface area contributed by atoms with E-state index in [1.807, 2.05) is 6.07 Å². The second-order valence-electron chi connectivity index (χ2n) is 7.87. The fourth-order valence-corrected chi connectivity index (χ4v) is 5.14. The zero-order valence-corrected chi connectivity index (χ0v) is 18.4. The van der Waals surface area contributed by atoms with Gasteiger partial charge in [-0.15, -0.1) is 0 Å². The molecule has 1 atom stereocenters. The van der Waals surface area contributed by atoms with E-state index >= 15 is 0 Å². The lowest BCUT2D eigenvalue weighted by atomic mass is 10.00. The molecule has 9 heteroatoms. The molecular weight excluding hydrogens is 459 g/mol. The number of anilines is 1. The third kappa shape index (κ3) is 3.05. The lowest BCUT2D eigenvalue weighted by Gasteiger charge is -2.21. The molecule has 1 aliphatic rings. The van der Waals surface area contributed by atoms with Crippen molar-refractivity contribution in [1.29, 1.82) is 0 Å². The maximum Gasteiger partial charge on any atom is 0.296 e. The van der Waals surface area contributed by atoms with Crippen molar-refractivity contribution in [1.82, 2.24) is 4.98 Å². The van der Waals surface area contributed by atoms with E-state index in [2.05, 4.69) is 4.98 Å². The van der Waals surface area contributed by atoms with Crippen molar-refractivity contribution in [3.8, 4) is 0 Å². The van der Waals surface area contributed by atoms with E-state index in [0.717, 1.165) is 11.3 Å². The van der Waals surface area contributed by atoms with Crippen LogP contribution in [0.15, 0.2) is 80.8 Å². The number of para-hydroxylation sites is 1. The van der Waals surface area contributed by atoms with Crippen molar-refractivity contribution < 1.29 is 27.9 Å². The maximum atomic E-state index is 13.7. The van der Waals surface area contributed by atoms with Crippen LogP contribution in [-0.2, 0) is 4.79 Å². The predicted octanol–water partition coefficient (Wildman–Crippen LogP) is 5.87. The Morgan fingerprint density at radius 1 is 1.12 bits per heavy atom.